The van der Waals surface area contributed by atoms with Gasteiger partial charge in [-0.05, 0) is 58.0 Å². The van der Waals surface area contributed by atoms with Crippen molar-refractivity contribution in [1.82, 2.24) is 15.5 Å². The summed E-state index contributed by atoms with van der Waals surface area (Å²) in [5.41, 5.74) is 0. The highest BCUT2D eigenvalue weighted by atomic mass is 16.2. The van der Waals surface area contributed by atoms with Gasteiger partial charge in [0.05, 0.1) is 6.04 Å². The highest BCUT2D eigenvalue weighted by Crippen LogP contribution is 2.32. The number of hydrogen-bond acceptors (Lipinski definition) is 3. The van der Waals surface area contributed by atoms with E-state index < -0.39 is 0 Å². The Morgan fingerprint density at radius 1 is 1.10 bits per heavy atom. The predicted molar refractivity (Wildman–Crippen MR) is 85.2 cm³/mol. The monoisotopic (exact) mass is 293 g/mol. The molecule has 0 aromatic carbocycles. The van der Waals surface area contributed by atoms with Crippen molar-refractivity contribution in [3.05, 3.63) is 0 Å². The second-order valence-corrected chi connectivity index (χ2v) is 7.32. The van der Waals surface area contributed by atoms with E-state index in [1.807, 2.05) is 0 Å². The number of likely N-dealkylation sites (N-methyl/N-ethyl adjacent to an activating group) is 1. The van der Waals surface area contributed by atoms with Crippen LogP contribution in [0.3, 0.4) is 0 Å². The maximum Gasteiger partial charge on any atom is 0.237 e. The summed E-state index contributed by atoms with van der Waals surface area (Å²) >= 11 is 0. The summed E-state index contributed by atoms with van der Waals surface area (Å²) in [4.78, 5) is 14.8. The molecule has 2 saturated heterocycles. The first-order valence-electron chi connectivity index (χ1n) is 8.98. The molecule has 1 saturated carbocycles. The molecule has 0 bridgehead atoms. The second-order valence-electron chi connectivity index (χ2n) is 7.32. The molecule has 4 atom stereocenters. The van der Waals surface area contributed by atoms with Gasteiger partial charge >= 0.3 is 0 Å². The van der Waals surface area contributed by atoms with Gasteiger partial charge in [-0.25, -0.2) is 0 Å². The van der Waals surface area contributed by atoms with E-state index in [9.17, 15) is 4.79 Å². The standard InChI is InChI=1S/C17H31N3O/c1-20-11-5-4-7-14(20)12-18-17(21)16-10-9-13-6-2-3-8-15(13)19-16/h13-16,19H,2-12H2,1H3,(H,18,21). The largest absolute Gasteiger partial charge is 0.353 e. The summed E-state index contributed by atoms with van der Waals surface area (Å²) in [6, 6.07) is 1.19. The minimum Gasteiger partial charge on any atom is -0.353 e. The lowest BCUT2D eigenvalue weighted by Gasteiger charge is -2.40. The number of carbonyl (C=O) groups is 1. The molecule has 2 N–H and O–H groups in total. The SMILES string of the molecule is CN1CCCCC1CNC(=O)C1CCC2CCCCC2N1. The van der Waals surface area contributed by atoms with Gasteiger partial charge in [-0.1, -0.05) is 19.3 Å². The van der Waals surface area contributed by atoms with E-state index in [1.165, 1.54) is 57.9 Å². The lowest BCUT2D eigenvalue weighted by atomic mass is 9.77. The van der Waals surface area contributed by atoms with Crippen molar-refractivity contribution >= 4 is 5.91 Å². The van der Waals surface area contributed by atoms with Crippen LogP contribution in [-0.2, 0) is 4.79 Å². The molecule has 3 aliphatic rings. The van der Waals surface area contributed by atoms with Gasteiger partial charge in [-0.3, -0.25) is 4.79 Å². The van der Waals surface area contributed by atoms with Gasteiger partial charge in [-0.2, -0.15) is 0 Å². The molecular formula is C17H31N3O. The van der Waals surface area contributed by atoms with Crippen LogP contribution >= 0.6 is 0 Å². The van der Waals surface area contributed by atoms with Crippen molar-refractivity contribution < 1.29 is 4.79 Å². The average molecular weight is 293 g/mol. The fourth-order valence-corrected chi connectivity index (χ4v) is 4.45. The molecule has 0 spiro atoms. The fourth-order valence-electron chi connectivity index (χ4n) is 4.45. The maximum atomic E-state index is 12.4. The minimum atomic E-state index is 0.0539. The van der Waals surface area contributed by atoms with Crippen molar-refractivity contribution in [3.8, 4) is 0 Å². The third-order valence-electron chi connectivity index (χ3n) is 5.90. The van der Waals surface area contributed by atoms with E-state index in [2.05, 4.69) is 22.6 Å². The number of rotatable bonds is 3. The Labute approximate surface area is 129 Å². The van der Waals surface area contributed by atoms with E-state index in [0.717, 1.165) is 18.9 Å². The number of carbonyl (C=O) groups excluding carboxylic acids is 1. The molecule has 4 nitrogen and oxygen atoms in total. The molecule has 1 amide bonds. The quantitative estimate of drug-likeness (QED) is 0.835. The van der Waals surface area contributed by atoms with Crippen LogP contribution in [0.15, 0.2) is 0 Å². The zero-order chi connectivity index (χ0) is 14.7. The molecule has 3 fully saturated rings. The number of fused-ring (bicyclic) bond motifs is 1. The second kappa shape index (κ2) is 7.10. The number of piperidine rings is 2. The van der Waals surface area contributed by atoms with Gasteiger partial charge in [0.15, 0.2) is 0 Å². The first kappa shape index (κ1) is 15.3. The summed E-state index contributed by atoms with van der Waals surface area (Å²) < 4.78 is 0. The van der Waals surface area contributed by atoms with E-state index in [-0.39, 0.29) is 11.9 Å². The molecule has 120 valence electrons. The molecule has 1 aliphatic carbocycles. The van der Waals surface area contributed by atoms with Crippen LogP contribution in [-0.4, -0.2) is 49.1 Å². The highest BCUT2D eigenvalue weighted by Gasteiger charge is 2.34. The van der Waals surface area contributed by atoms with Crippen LogP contribution in [0.4, 0.5) is 0 Å². The molecule has 3 rings (SSSR count). The van der Waals surface area contributed by atoms with Crippen molar-refractivity contribution in [1.29, 1.82) is 0 Å². The summed E-state index contributed by atoms with van der Waals surface area (Å²) in [5, 5.41) is 6.83. The smallest absolute Gasteiger partial charge is 0.237 e. The third kappa shape index (κ3) is 3.78. The molecular weight excluding hydrogens is 262 g/mol. The molecule has 4 unspecified atom stereocenters. The Bertz CT molecular complexity index is 360. The Kier molecular flexibility index (Phi) is 5.17. The van der Waals surface area contributed by atoms with Gasteiger partial charge in [0, 0.05) is 18.6 Å². The Balaban J connectivity index is 1.44. The zero-order valence-electron chi connectivity index (χ0n) is 13.4. The normalized spacial score (nSPS) is 37.8. The summed E-state index contributed by atoms with van der Waals surface area (Å²) in [6.45, 7) is 1.99. The van der Waals surface area contributed by atoms with Crippen LogP contribution in [0.2, 0.25) is 0 Å². The topological polar surface area (TPSA) is 44.4 Å². The van der Waals surface area contributed by atoms with Crippen LogP contribution in [0.25, 0.3) is 0 Å². The molecule has 0 aromatic heterocycles. The van der Waals surface area contributed by atoms with Crippen molar-refractivity contribution in [2.75, 3.05) is 20.1 Å². The van der Waals surface area contributed by atoms with E-state index >= 15 is 0 Å². The maximum absolute atomic E-state index is 12.4. The first-order valence-corrected chi connectivity index (χ1v) is 8.98. The fraction of sp³-hybridized carbons (Fsp3) is 0.941. The Morgan fingerprint density at radius 3 is 2.76 bits per heavy atom. The molecule has 4 heteroatoms. The Morgan fingerprint density at radius 2 is 1.90 bits per heavy atom. The summed E-state index contributed by atoms with van der Waals surface area (Å²) in [6.07, 6.45) is 11.4. The molecule has 2 heterocycles. The average Bonchev–Trinajstić information content (AvgIpc) is 2.53. The van der Waals surface area contributed by atoms with Crippen LogP contribution in [0, 0.1) is 5.92 Å². The van der Waals surface area contributed by atoms with Gasteiger partial charge < -0.3 is 15.5 Å². The zero-order valence-corrected chi connectivity index (χ0v) is 13.4. The molecule has 21 heavy (non-hydrogen) atoms. The van der Waals surface area contributed by atoms with Gasteiger partial charge in [0.25, 0.3) is 0 Å². The molecule has 0 aromatic rings. The first-order chi connectivity index (χ1) is 10.2. The van der Waals surface area contributed by atoms with Gasteiger partial charge in [0.1, 0.15) is 0 Å². The van der Waals surface area contributed by atoms with Gasteiger partial charge in [-0.15, -0.1) is 0 Å². The molecule has 0 radical (unpaired) electrons. The van der Waals surface area contributed by atoms with Crippen molar-refractivity contribution in [2.45, 2.75) is 75.9 Å². The number of amides is 1. The van der Waals surface area contributed by atoms with Crippen LogP contribution < -0.4 is 10.6 Å². The highest BCUT2D eigenvalue weighted by molar-refractivity contribution is 5.81. The summed E-state index contributed by atoms with van der Waals surface area (Å²) in [5.74, 6) is 1.06. The number of nitrogens with zero attached hydrogens (tertiary/aromatic N) is 1. The number of hydrogen-bond donors (Lipinski definition) is 2. The lowest BCUT2D eigenvalue weighted by Crippen LogP contribution is -2.56. The van der Waals surface area contributed by atoms with Crippen molar-refractivity contribution in [2.24, 2.45) is 5.92 Å². The van der Waals surface area contributed by atoms with Crippen molar-refractivity contribution in [3.63, 3.8) is 0 Å². The number of nitrogens with one attached hydrogen (secondary N) is 2. The van der Waals surface area contributed by atoms with Crippen LogP contribution in [0.5, 0.6) is 0 Å². The van der Waals surface area contributed by atoms with Crippen LogP contribution in [0.1, 0.15) is 57.8 Å². The molecule has 2 aliphatic heterocycles. The predicted octanol–water partition coefficient (Wildman–Crippen LogP) is 1.90. The minimum absolute atomic E-state index is 0.0539. The number of likely N-dealkylation sites (tertiary alicyclic amines) is 1. The van der Waals surface area contributed by atoms with E-state index in [4.69, 9.17) is 0 Å². The van der Waals surface area contributed by atoms with E-state index in [1.54, 1.807) is 0 Å². The lowest BCUT2D eigenvalue weighted by molar-refractivity contribution is -0.124. The third-order valence-corrected chi connectivity index (χ3v) is 5.90. The van der Waals surface area contributed by atoms with Gasteiger partial charge in [0.2, 0.25) is 5.91 Å². The summed E-state index contributed by atoms with van der Waals surface area (Å²) in [7, 11) is 2.18. The van der Waals surface area contributed by atoms with E-state index in [0.29, 0.717) is 12.1 Å². The Hall–Kier alpha value is -0.610.